The Morgan fingerprint density at radius 1 is 1.03 bits per heavy atom. The molecule has 2 aromatic carbocycles. The first kappa shape index (κ1) is 21.3. The van der Waals surface area contributed by atoms with Crippen molar-refractivity contribution in [1.82, 2.24) is 4.98 Å². The van der Waals surface area contributed by atoms with E-state index in [1.165, 1.54) is 17.9 Å². The van der Waals surface area contributed by atoms with Gasteiger partial charge in [0.15, 0.2) is 9.84 Å². The minimum absolute atomic E-state index is 0.216. The zero-order chi connectivity index (χ0) is 22.5. The van der Waals surface area contributed by atoms with Crippen LogP contribution < -0.4 is 0 Å². The van der Waals surface area contributed by atoms with E-state index >= 15 is 0 Å². The molecule has 0 N–H and O–H groups in total. The monoisotopic (exact) mass is 450 g/mol. The predicted molar refractivity (Wildman–Crippen MR) is 126 cm³/mol. The van der Waals surface area contributed by atoms with Crippen LogP contribution in [0, 0.1) is 17.7 Å². The molecule has 1 fully saturated rings. The minimum Gasteiger partial charge on any atom is -0.257 e. The molecule has 2 heterocycles. The van der Waals surface area contributed by atoms with Gasteiger partial charge in [-0.1, -0.05) is 6.92 Å². The quantitative estimate of drug-likeness (QED) is 0.489. The summed E-state index contributed by atoms with van der Waals surface area (Å²) in [7, 11) is -3.21. The molecule has 2 aliphatic rings. The van der Waals surface area contributed by atoms with Crippen molar-refractivity contribution in [2.45, 2.75) is 49.8 Å². The van der Waals surface area contributed by atoms with E-state index in [1.54, 1.807) is 24.3 Å². The molecule has 1 aliphatic heterocycles. The van der Waals surface area contributed by atoms with Gasteiger partial charge < -0.3 is 0 Å². The smallest absolute Gasteiger partial charge is 0.175 e. The second-order valence-corrected chi connectivity index (χ2v) is 11.3. The first-order valence-corrected chi connectivity index (χ1v) is 13.1. The first-order valence-electron chi connectivity index (χ1n) is 11.2. The van der Waals surface area contributed by atoms with E-state index in [0.717, 1.165) is 60.0 Å². The van der Waals surface area contributed by atoms with E-state index in [4.69, 9.17) is 4.99 Å². The van der Waals surface area contributed by atoms with E-state index in [1.807, 2.05) is 18.3 Å². The number of hydrogen-bond donors (Lipinski definition) is 0. The van der Waals surface area contributed by atoms with Crippen molar-refractivity contribution >= 4 is 32.1 Å². The summed E-state index contributed by atoms with van der Waals surface area (Å²) >= 11 is 0. The average molecular weight is 451 g/mol. The SMILES string of the molecule is C[C@@H](C1=Nc2ccc(S(C)(=O)=O)cc2C1)C1CCC(c2ccnc3ccc(F)cc23)CC1. The largest absolute Gasteiger partial charge is 0.257 e. The molecule has 0 bridgehead atoms. The van der Waals surface area contributed by atoms with Gasteiger partial charge in [0, 0.05) is 30.0 Å². The summed E-state index contributed by atoms with van der Waals surface area (Å²) in [6.07, 6.45) is 8.16. The molecule has 0 saturated heterocycles. The number of rotatable bonds is 4. The molecular formula is C26H27FN2O2S. The Balaban J connectivity index is 1.28. The van der Waals surface area contributed by atoms with Gasteiger partial charge in [0.2, 0.25) is 0 Å². The van der Waals surface area contributed by atoms with Crippen LogP contribution in [0.1, 0.15) is 49.7 Å². The van der Waals surface area contributed by atoms with Crippen molar-refractivity contribution in [3.8, 4) is 0 Å². The van der Waals surface area contributed by atoms with Gasteiger partial charge in [-0.3, -0.25) is 9.98 Å². The Labute approximate surface area is 188 Å². The van der Waals surface area contributed by atoms with Gasteiger partial charge in [0.25, 0.3) is 0 Å². The third kappa shape index (κ3) is 3.96. The van der Waals surface area contributed by atoms with Crippen LogP contribution in [-0.4, -0.2) is 25.4 Å². The van der Waals surface area contributed by atoms with Crippen LogP contribution in [0.15, 0.2) is 58.5 Å². The van der Waals surface area contributed by atoms with Crippen molar-refractivity contribution in [2.24, 2.45) is 16.8 Å². The number of fused-ring (bicyclic) bond motifs is 2. The van der Waals surface area contributed by atoms with Crippen molar-refractivity contribution in [1.29, 1.82) is 0 Å². The van der Waals surface area contributed by atoms with Gasteiger partial charge >= 0.3 is 0 Å². The van der Waals surface area contributed by atoms with Gasteiger partial charge in [-0.25, -0.2) is 12.8 Å². The number of benzene rings is 2. The Bertz CT molecular complexity index is 1320. The van der Waals surface area contributed by atoms with E-state index in [-0.39, 0.29) is 5.82 Å². The molecule has 1 aliphatic carbocycles. The lowest BCUT2D eigenvalue weighted by Crippen LogP contribution is -2.25. The topological polar surface area (TPSA) is 59.4 Å². The highest BCUT2D eigenvalue weighted by molar-refractivity contribution is 7.90. The van der Waals surface area contributed by atoms with Gasteiger partial charge in [0.05, 0.1) is 16.1 Å². The third-order valence-electron chi connectivity index (χ3n) is 7.30. The molecule has 1 saturated carbocycles. The average Bonchev–Trinajstić information content (AvgIpc) is 3.21. The summed E-state index contributed by atoms with van der Waals surface area (Å²) < 4.78 is 37.6. The Hall–Kier alpha value is -2.60. The van der Waals surface area contributed by atoms with Crippen molar-refractivity contribution in [3.63, 3.8) is 0 Å². The zero-order valence-corrected chi connectivity index (χ0v) is 19.2. The molecule has 0 spiro atoms. The highest BCUT2D eigenvalue weighted by atomic mass is 32.2. The molecule has 32 heavy (non-hydrogen) atoms. The maximum Gasteiger partial charge on any atom is 0.175 e. The van der Waals surface area contributed by atoms with E-state index < -0.39 is 9.84 Å². The van der Waals surface area contributed by atoms with Crippen LogP contribution in [0.25, 0.3) is 10.9 Å². The molecule has 4 nitrogen and oxygen atoms in total. The van der Waals surface area contributed by atoms with Gasteiger partial charge in [-0.2, -0.15) is 0 Å². The second-order valence-electron chi connectivity index (χ2n) is 9.30. The summed E-state index contributed by atoms with van der Waals surface area (Å²) in [5.41, 5.74) is 5.13. The van der Waals surface area contributed by atoms with E-state index in [9.17, 15) is 12.8 Å². The summed E-state index contributed by atoms with van der Waals surface area (Å²) in [5, 5.41) is 0.932. The molecular weight excluding hydrogens is 423 g/mol. The number of aliphatic imine (C=N–C) groups is 1. The zero-order valence-electron chi connectivity index (χ0n) is 18.4. The number of nitrogens with zero attached hydrogens (tertiary/aromatic N) is 2. The normalized spacial score (nSPS) is 21.9. The van der Waals surface area contributed by atoms with Crippen molar-refractivity contribution in [2.75, 3.05) is 6.26 Å². The van der Waals surface area contributed by atoms with Crippen molar-refractivity contribution in [3.05, 3.63) is 65.6 Å². The predicted octanol–water partition coefficient (Wildman–Crippen LogP) is 6.02. The molecule has 1 aromatic heterocycles. The van der Waals surface area contributed by atoms with E-state index in [0.29, 0.717) is 22.6 Å². The first-order chi connectivity index (χ1) is 15.3. The lowest BCUT2D eigenvalue weighted by Gasteiger charge is -2.33. The minimum atomic E-state index is -3.21. The van der Waals surface area contributed by atoms with Crippen LogP contribution in [0.4, 0.5) is 10.1 Å². The van der Waals surface area contributed by atoms with Gasteiger partial charge in [0.1, 0.15) is 5.82 Å². The number of halogens is 1. The number of sulfone groups is 1. The fourth-order valence-electron chi connectivity index (χ4n) is 5.39. The second kappa shape index (κ2) is 8.07. The Morgan fingerprint density at radius 2 is 1.81 bits per heavy atom. The molecule has 0 amide bonds. The highest BCUT2D eigenvalue weighted by Gasteiger charge is 2.31. The van der Waals surface area contributed by atoms with Gasteiger partial charge in [-0.05, 0) is 97.0 Å². The Morgan fingerprint density at radius 3 is 2.56 bits per heavy atom. The van der Waals surface area contributed by atoms with Crippen LogP contribution in [0.5, 0.6) is 0 Å². The summed E-state index contributed by atoms with van der Waals surface area (Å²) in [5.74, 6) is 1.12. The fraction of sp³-hybridized carbons (Fsp3) is 0.385. The van der Waals surface area contributed by atoms with Crippen LogP contribution in [0.3, 0.4) is 0 Å². The van der Waals surface area contributed by atoms with Crippen molar-refractivity contribution < 1.29 is 12.8 Å². The molecule has 6 heteroatoms. The van der Waals surface area contributed by atoms with E-state index in [2.05, 4.69) is 11.9 Å². The number of hydrogen-bond acceptors (Lipinski definition) is 4. The van der Waals surface area contributed by atoms with Crippen LogP contribution >= 0.6 is 0 Å². The van der Waals surface area contributed by atoms with Gasteiger partial charge in [-0.15, -0.1) is 0 Å². The molecule has 5 rings (SSSR count). The lowest BCUT2D eigenvalue weighted by molar-refractivity contribution is 0.287. The summed E-state index contributed by atoms with van der Waals surface area (Å²) in [6, 6.07) is 12.1. The standard InChI is InChI=1S/C26H27FN2O2S/c1-16(26-14-19-13-21(32(2,30)31)8-10-24(19)29-26)17-3-5-18(6-4-17)22-11-12-28-25-9-7-20(27)15-23(22)25/h7-13,15-18H,3-6,14H2,1-2H3/t16-,17?,18?/m1/s1. The molecule has 1 atom stereocenters. The molecule has 166 valence electrons. The number of aromatic nitrogens is 1. The van der Waals surface area contributed by atoms with Crippen LogP contribution in [-0.2, 0) is 16.3 Å². The maximum absolute atomic E-state index is 13.9. The fourth-order valence-corrected chi connectivity index (χ4v) is 6.06. The third-order valence-corrected chi connectivity index (χ3v) is 8.41. The Kier molecular flexibility index (Phi) is 5.36. The highest BCUT2D eigenvalue weighted by Crippen LogP contribution is 2.42. The summed E-state index contributed by atoms with van der Waals surface area (Å²) in [4.78, 5) is 9.61. The summed E-state index contributed by atoms with van der Waals surface area (Å²) in [6.45, 7) is 2.25. The molecule has 0 radical (unpaired) electrons. The number of pyridine rings is 1. The van der Waals surface area contributed by atoms with Crippen LogP contribution in [0.2, 0.25) is 0 Å². The molecule has 0 unspecified atom stereocenters. The lowest BCUT2D eigenvalue weighted by atomic mass is 9.72. The maximum atomic E-state index is 13.9. The molecule has 3 aromatic rings.